The molecule has 30 heavy (non-hydrogen) atoms. The number of aryl methyl sites for hydroxylation is 1. The molecule has 0 radical (unpaired) electrons. The summed E-state index contributed by atoms with van der Waals surface area (Å²) >= 11 is 1.69. The van der Waals surface area contributed by atoms with E-state index in [1.807, 2.05) is 6.07 Å². The Bertz CT molecular complexity index is 1070. The fourth-order valence-corrected chi connectivity index (χ4v) is 5.47. The van der Waals surface area contributed by atoms with E-state index in [2.05, 4.69) is 34.9 Å². The molecular weight excluding hydrogens is 398 g/mol. The first-order valence-corrected chi connectivity index (χ1v) is 11.6. The third kappa shape index (κ3) is 3.66. The van der Waals surface area contributed by atoms with Gasteiger partial charge in [-0.2, -0.15) is 0 Å². The smallest absolute Gasteiger partial charge is 0.206 e. The van der Waals surface area contributed by atoms with Crippen molar-refractivity contribution in [1.29, 1.82) is 0 Å². The zero-order chi connectivity index (χ0) is 20.5. The molecule has 158 valence electrons. The number of aromatic nitrogens is 1. The molecule has 0 unspecified atom stereocenters. The lowest BCUT2D eigenvalue weighted by Gasteiger charge is -2.30. The van der Waals surface area contributed by atoms with Crippen LogP contribution in [0.1, 0.15) is 18.9 Å². The monoisotopic (exact) mass is 425 g/mol. The van der Waals surface area contributed by atoms with Crippen LogP contribution < -0.4 is 15.2 Å². The predicted octanol–water partition coefficient (Wildman–Crippen LogP) is 3.39. The minimum absolute atomic E-state index is 0.160. The van der Waals surface area contributed by atoms with Crippen molar-refractivity contribution in [2.75, 3.05) is 62.4 Å². The zero-order valence-electron chi connectivity index (χ0n) is 17.4. The van der Waals surface area contributed by atoms with E-state index in [1.165, 1.54) is 5.69 Å². The lowest BCUT2D eigenvalue weighted by atomic mass is 10.0. The molecule has 0 bridgehead atoms. The van der Waals surface area contributed by atoms with Crippen LogP contribution in [0, 0.1) is 0 Å². The van der Waals surface area contributed by atoms with Gasteiger partial charge in [0.2, 0.25) is 5.43 Å². The van der Waals surface area contributed by atoms with E-state index in [1.54, 1.807) is 11.3 Å². The Balaban J connectivity index is 1.67. The first-order chi connectivity index (χ1) is 14.7. The Morgan fingerprint density at radius 2 is 1.70 bits per heavy atom. The van der Waals surface area contributed by atoms with E-state index >= 15 is 0 Å². The van der Waals surface area contributed by atoms with Crippen molar-refractivity contribution in [1.82, 2.24) is 4.98 Å². The maximum Gasteiger partial charge on any atom is 0.206 e. The Morgan fingerprint density at radius 3 is 2.40 bits per heavy atom. The molecule has 3 aliphatic heterocycles. The summed E-state index contributed by atoms with van der Waals surface area (Å²) in [7, 11) is 0. The number of hydrogen-bond acceptors (Lipinski definition) is 7. The molecule has 2 fully saturated rings. The highest BCUT2D eigenvalue weighted by atomic mass is 32.1. The van der Waals surface area contributed by atoms with Gasteiger partial charge in [0.05, 0.1) is 47.2 Å². The van der Waals surface area contributed by atoms with Crippen molar-refractivity contribution < 1.29 is 9.47 Å². The molecule has 1 aromatic rings. The molecule has 0 atom stereocenters. The number of hydrogen-bond donors (Lipinski definition) is 0. The van der Waals surface area contributed by atoms with E-state index in [4.69, 9.17) is 14.5 Å². The molecule has 0 spiro atoms. The van der Waals surface area contributed by atoms with Crippen LogP contribution in [0.3, 0.4) is 0 Å². The van der Waals surface area contributed by atoms with Crippen LogP contribution in [0.25, 0.3) is 20.8 Å². The Hall–Kier alpha value is -2.22. The van der Waals surface area contributed by atoms with Gasteiger partial charge in [-0.3, -0.25) is 4.79 Å². The summed E-state index contributed by atoms with van der Waals surface area (Å²) in [6.07, 6.45) is 1.73. The first kappa shape index (κ1) is 19.7. The number of rotatable bonds is 4. The molecule has 0 N–H and O–H groups in total. The average Bonchev–Trinajstić information content (AvgIpc) is 2.79. The largest absolute Gasteiger partial charge is 0.378 e. The van der Waals surface area contributed by atoms with Crippen molar-refractivity contribution in [3.8, 4) is 10.6 Å². The lowest BCUT2D eigenvalue weighted by Crippen LogP contribution is -2.39. The van der Waals surface area contributed by atoms with E-state index in [0.717, 1.165) is 84.3 Å². The minimum Gasteiger partial charge on any atom is -0.378 e. The van der Waals surface area contributed by atoms with Crippen LogP contribution in [0.5, 0.6) is 0 Å². The molecule has 1 aliphatic carbocycles. The molecular formula is C23H27N3O3S. The second-order valence-electron chi connectivity index (χ2n) is 7.88. The summed E-state index contributed by atoms with van der Waals surface area (Å²) in [6, 6.07) is 8.48. The van der Waals surface area contributed by atoms with E-state index in [-0.39, 0.29) is 5.43 Å². The molecule has 6 nitrogen and oxygen atoms in total. The topological polar surface area (TPSA) is 54.9 Å². The Morgan fingerprint density at radius 1 is 1.00 bits per heavy atom. The molecule has 2 saturated heterocycles. The van der Waals surface area contributed by atoms with Crippen LogP contribution in [0.2, 0.25) is 0 Å². The average molecular weight is 426 g/mol. The number of nitrogens with zero attached hydrogens (tertiary/aromatic N) is 3. The van der Waals surface area contributed by atoms with Gasteiger partial charge in [0.15, 0.2) is 0 Å². The summed E-state index contributed by atoms with van der Waals surface area (Å²) in [6.45, 7) is 8.26. The maximum absolute atomic E-state index is 13.4. The summed E-state index contributed by atoms with van der Waals surface area (Å²) in [5, 5.41) is 0. The fourth-order valence-electron chi connectivity index (χ4n) is 4.32. The predicted molar refractivity (Wildman–Crippen MR) is 123 cm³/mol. The Kier molecular flexibility index (Phi) is 5.58. The maximum atomic E-state index is 13.4. The van der Waals surface area contributed by atoms with Gasteiger partial charge < -0.3 is 19.3 Å². The standard InChI is InChI=1S/C23H27N3O3S/c1-2-3-16-14-19-23(21(22(16)27)26-8-12-29-13-9-26)30-20-15-17(4-5-18(20)24-19)25-6-10-28-11-7-25/h4-5,14-15H,2-3,6-13H2,1H3. The van der Waals surface area contributed by atoms with Crippen LogP contribution in [0.4, 0.5) is 11.4 Å². The van der Waals surface area contributed by atoms with Crippen molar-refractivity contribution >= 4 is 32.9 Å². The van der Waals surface area contributed by atoms with Crippen molar-refractivity contribution in [3.63, 3.8) is 0 Å². The Labute approximate surface area is 180 Å². The van der Waals surface area contributed by atoms with E-state index in [9.17, 15) is 4.79 Å². The van der Waals surface area contributed by atoms with Crippen LogP contribution >= 0.6 is 11.3 Å². The second kappa shape index (κ2) is 8.49. The van der Waals surface area contributed by atoms with Gasteiger partial charge in [-0.1, -0.05) is 13.3 Å². The van der Waals surface area contributed by atoms with Crippen molar-refractivity contribution in [2.45, 2.75) is 19.8 Å². The molecule has 3 heterocycles. The highest BCUT2D eigenvalue weighted by Gasteiger charge is 2.24. The first-order valence-electron chi connectivity index (χ1n) is 10.8. The summed E-state index contributed by atoms with van der Waals surface area (Å²) in [5.41, 5.74) is 4.95. The number of benzene rings is 2. The number of ether oxygens (including phenoxy) is 2. The quantitative estimate of drug-likeness (QED) is 0.598. The highest BCUT2D eigenvalue weighted by Crippen LogP contribution is 2.38. The molecule has 0 aromatic heterocycles. The third-order valence-corrected chi connectivity index (χ3v) is 7.04. The van der Waals surface area contributed by atoms with Gasteiger partial charge in [0.1, 0.15) is 5.69 Å². The number of morpholine rings is 2. The van der Waals surface area contributed by atoms with Crippen molar-refractivity contribution in [2.24, 2.45) is 0 Å². The van der Waals surface area contributed by atoms with Gasteiger partial charge in [-0.05, 0) is 30.7 Å². The summed E-state index contributed by atoms with van der Waals surface area (Å²) in [4.78, 5) is 23.9. The zero-order valence-corrected chi connectivity index (χ0v) is 18.2. The van der Waals surface area contributed by atoms with Crippen LogP contribution in [-0.2, 0) is 15.9 Å². The molecule has 7 heteroatoms. The molecule has 4 aliphatic rings. The molecule has 1 aromatic carbocycles. The fraction of sp³-hybridized carbons (Fsp3) is 0.478. The number of fused-ring (bicyclic) bond motifs is 2. The number of anilines is 2. The second-order valence-corrected chi connectivity index (χ2v) is 8.93. The lowest BCUT2D eigenvalue weighted by molar-refractivity contribution is 0.122. The van der Waals surface area contributed by atoms with E-state index in [0.29, 0.717) is 13.2 Å². The van der Waals surface area contributed by atoms with Gasteiger partial charge in [-0.15, -0.1) is 11.3 Å². The van der Waals surface area contributed by atoms with Crippen molar-refractivity contribution in [3.05, 3.63) is 40.1 Å². The minimum atomic E-state index is 0.160. The summed E-state index contributed by atoms with van der Waals surface area (Å²) < 4.78 is 12.1. The normalized spacial score (nSPS) is 17.8. The van der Waals surface area contributed by atoms with Gasteiger partial charge in [0.25, 0.3) is 0 Å². The molecule has 5 rings (SSSR count). The van der Waals surface area contributed by atoms with Crippen LogP contribution in [-0.4, -0.2) is 57.6 Å². The highest BCUT2D eigenvalue weighted by molar-refractivity contribution is 7.22. The van der Waals surface area contributed by atoms with Crippen LogP contribution in [0.15, 0.2) is 29.1 Å². The van der Waals surface area contributed by atoms with E-state index < -0.39 is 0 Å². The van der Waals surface area contributed by atoms with Gasteiger partial charge >= 0.3 is 0 Å². The summed E-state index contributed by atoms with van der Waals surface area (Å²) in [5.74, 6) is 0. The SMILES string of the molecule is CCCc1cc2nc3ccc(N4CCOCC4)cc3sc-2c(N2CCOCC2)c1=O. The van der Waals surface area contributed by atoms with Gasteiger partial charge in [0, 0.05) is 37.4 Å². The third-order valence-electron chi connectivity index (χ3n) is 5.88. The van der Waals surface area contributed by atoms with Gasteiger partial charge in [-0.25, -0.2) is 4.98 Å². The molecule has 0 amide bonds. The molecule has 0 saturated carbocycles.